The SMILES string of the molecule is CCCCCCCCCCCCCCCCCCOc1ccccc1CC(COP(=O)([O-])OCCCC[N+](C)(C)CC)CC(C)=O. The predicted molar refractivity (Wildman–Crippen MR) is 190 cm³/mol. The zero-order valence-electron chi connectivity index (χ0n) is 30.4. The Balaban J connectivity index is 2.29. The second-order valence-corrected chi connectivity index (χ2v) is 15.4. The fraction of sp³-hybridized carbons (Fsp3) is 0.816. The standard InChI is InChI=1S/C38H70NO6P/c1-6-8-9-10-11-12-13-14-15-16-17-18-19-20-21-25-30-43-38-28-23-22-27-37(38)33-36(32-35(3)40)34-45-46(41,42)44-31-26-24-29-39(4,5)7-2/h22-23,27-28,36H,6-21,24-26,29-34H2,1-5H3. The Morgan fingerprint density at radius 3 is 1.83 bits per heavy atom. The van der Waals surface area contributed by atoms with Crippen molar-refractivity contribution in [1.29, 1.82) is 0 Å². The lowest BCUT2D eigenvalue weighted by molar-refractivity contribution is -0.888. The van der Waals surface area contributed by atoms with Gasteiger partial charge in [0.05, 0.1) is 47.0 Å². The highest BCUT2D eigenvalue weighted by Crippen LogP contribution is 2.39. The summed E-state index contributed by atoms with van der Waals surface area (Å²) in [6, 6.07) is 7.83. The molecule has 1 rings (SSSR count). The summed E-state index contributed by atoms with van der Waals surface area (Å²) in [6.07, 6.45) is 23.7. The molecule has 0 amide bonds. The van der Waals surface area contributed by atoms with E-state index in [0.717, 1.165) is 48.1 Å². The van der Waals surface area contributed by atoms with Gasteiger partial charge in [-0.2, -0.15) is 0 Å². The lowest BCUT2D eigenvalue weighted by Crippen LogP contribution is -2.40. The van der Waals surface area contributed by atoms with Crippen molar-refractivity contribution in [3.05, 3.63) is 29.8 Å². The molecule has 0 fully saturated rings. The van der Waals surface area contributed by atoms with Gasteiger partial charge < -0.3 is 28.0 Å². The molecule has 0 radical (unpaired) electrons. The second kappa shape index (κ2) is 26.7. The van der Waals surface area contributed by atoms with E-state index in [9.17, 15) is 14.3 Å². The van der Waals surface area contributed by atoms with Crippen LogP contribution in [0.3, 0.4) is 0 Å². The van der Waals surface area contributed by atoms with Crippen LogP contribution in [0, 0.1) is 5.92 Å². The summed E-state index contributed by atoms with van der Waals surface area (Å²) < 4.78 is 29.8. The van der Waals surface area contributed by atoms with Crippen LogP contribution in [0.5, 0.6) is 5.75 Å². The van der Waals surface area contributed by atoms with Crippen molar-refractivity contribution in [3.63, 3.8) is 0 Å². The highest BCUT2D eigenvalue weighted by atomic mass is 31.2. The molecule has 0 aliphatic heterocycles. The zero-order valence-corrected chi connectivity index (χ0v) is 31.3. The first-order valence-electron chi connectivity index (χ1n) is 18.7. The van der Waals surface area contributed by atoms with E-state index in [2.05, 4.69) is 27.9 Å². The number of unbranched alkanes of at least 4 members (excludes halogenated alkanes) is 16. The Labute approximate surface area is 283 Å². The van der Waals surface area contributed by atoms with Gasteiger partial charge in [-0.15, -0.1) is 0 Å². The van der Waals surface area contributed by atoms with Crippen LogP contribution in [0.25, 0.3) is 0 Å². The summed E-state index contributed by atoms with van der Waals surface area (Å²) in [5.41, 5.74) is 0.965. The lowest BCUT2D eigenvalue weighted by atomic mass is 9.95. The average molecular weight is 668 g/mol. The monoisotopic (exact) mass is 667 g/mol. The van der Waals surface area contributed by atoms with E-state index in [1.54, 1.807) is 0 Å². The van der Waals surface area contributed by atoms with Crippen molar-refractivity contribution in [2.75, 3.05) is 47.0 Å². The third kappa shape index (κ3) is 24.0. The molecular formula is C38H70NO6P. The summed E-state index contributed by atoms with van der Waals surface area (Å²) >= 11 is 0. The Morgan fingerprint density at radius 2 is 1.28 bits per heavy atom. The molecule has 268 valence electrons. The number of phosphoric acid groups is 1. The van der Waals surface area contributed by atoms with E-state index in [0.29, 0.717) is 19.4 Å². The Morgan fingerprint density at radius 1 is 0.761 bits per heavy atom. The van der Waals surface area contributed by atoms with Crippen molar-refractivity contribution in [2.45, 2.75) is 149 Å². The van der Waals surface area contributed by atoms with Crippen molar-refractivity contribution < 1.29 is 32.5 Å². The maximum Gasteiger partial charge on any atom is 0.267 e. The predicted octanol–water partition coefficient (Wildman–Crippen LogP) is 9.84. The third-order valence-electron chi connectivity index (χ3n) is 9.04. The van der Waals surface area contributed by atoms with E-state index in [1.165, 1.54) is 96.8 Å². The first-order chi connectivity index (χ1) is 22.1. The van der Waals surface area contributed by atoms with Crippen molar-refractivity contribution in [2.24, 2.45) is 5.92 Å². The summed E-state index contributed by atoms with van der Waals surface area (Å²) in [4.78, 5) is 24.4. The molecule has 0 saturated carbocycles. The van der Waals surface area contributed by atoms with Gasteiger partial charge in [0.1, 0.15) is 11.5 Å². The molecule has 7 nitrogen and oxygen atoms in total. The summed E-state index contributed by atoms with van der Waals surface area (Å²) in [5.74, 6) is 0.511. The van der Waals surface area contributed by atoms with Gasteiger partial charge in [0.2, 0.25) is 0 Å². The first kappa shape index (κ1) is 42.8. The number of benzene rings is 1. The van der Waals surface area contributed by atoms with E-state index in [-0.39, 0.29) is 31.3 Å². The van der Waals surface area contributed by atoms with Crippen molar-refractivity contribution >= 4 is 13.6 Å². The number of hydrogen-bond donors (Lipinski definition) is 0. The van der Waals surface area contributed by atoms with Crippen LogP contribution in [0.4, 0.5) is 0 Å². The third-order valence-corrected chi connectivity index (χ3v) is 10.0. The van der Waals surface area contributed by atoms with Crippen LogP contribution < -0.4 is 9.63 Å². The smallest absolute Gasteiger partial charge is 0.267 e. The molecule has 0 aliphatic rings. The highest BCUT2D eigenvalue weighted by molar-refractivity contribution is 7.45. The zero-order chi connectivity index (χ0) is 33.9. The number of ketones is 1. The molecule has 0 spiro atoms. The van der Waals surface area contributed by atoms with Crippen LogP contribution in [-0.2, 0) is 24.8 Å². The molecule has 0 aromatic heterocycles. The molecule has 0 N–H and O–H groups in total. The molecule has 8 heteroatoms. The van der Waals surface area contributed by atoms with E-state index >= 15 is 0 Å². The van der Waals surface area contributed by atoms with Crippen molar-refractivity contribution in [1.82, 2.24) is 0 Å². The maximum absolute atomic E-state index is 12.4. The van der Waals surface area contributed by atoms with Gasteiger partial charge in [-0.05, 0) is 57.1 Å². The average Bonchev–Trinajstić information content (AvgIpc) is 3.01. The number of carbonyl (C=O) groups excluding carboxylic acids is 1. The van der Waals surface area contributed by atoms with E-state index in [4.69, 9.17) is 13.8 Å². The number of ether oxygens (including phenoxy) is 1. The number of rotatable bonds is 32. The molecule has 0 saturated heterocycles. The summed E-state index contributed by atoms with van der Waals surface area (Å²) in [5, 5.41) is 0. The number of para-hydroxylation sites is 1. The van der Waals surface area contributed by atoms with E-state index in [1.807, 2.05) is 24.3 Å². The maximum atomic E-state index is 12.4. The minimum Gasteiger partial charge on any atom is -0.756 e. The fourth-order valence-corrected chi connectivity index (χ4v) is 6.58. The van der Waals surface area contributed by atoms with Crippen LogP contribution in [-0.4, -0.2) is 57.3 Å². The van der Waals surface area contributed by atoms with Gasteiger partial charge in [-0.1, -0.05) is 121 Å². The number of nitrogens with zero attached hydrogens (tertiary/aromatic N) is 1. The van der Waals surface area contributed by atoms with Crippen LogP contribution in [0.15, 0.2) is 24.3 Å². The lowest BCUT2D eigenvalue weighted by Gasteiger charge is -2.28. The Kier molecular flexibility index (Phi) is 24.8. The second-order valence-electron chi connectivity index (χ2n) is 14.0. The van der Waals surface area contributed by atoms with Crippen LogP contribution in [0.1, 0.15) is 148 Å². The number of phosphoric ester groups is 1. The number of hydrogen-bond acceptors (Lipinski definition) is 6. The first-order valence-corrected chi connectivity index (χ1v) is 20.2. The molecule has 2 atom stereocenters. The van der Waals surface area contributed by atoms with Gasteiger partial charge in [0.15, 0.2) is 0 Å². The quantitative estimate of drug-likeness (QED) is 0.0432. The molecule has 0 aliphatic carbocycles. The number of Topliss-reactive ketones (excluding diaryl/α,β-unsaturated/α-hetero) is 1. The highest BCUT2D eigenvalue weighted by Gasteiger charge is 2.19. The molecular weight excluding hydrogens is 597 g/mol. The summed E-state index contributed by atoms with van der Waals surface area (Å²) in [6.45, 7) is 8.60. The number of quaternary nitrogens is 1. The molecule has 2 unspecified atom stereocenters. The van der Waals surface area contributed by atoms with Crippen molar-refractivity contribution in [3.8, 4) is 5.75 Å². The van der Waals surface area contributed by atoms with Crippen LogP contribution in [0.2, 0.25) is 0 Å². The normalized spacial score (nSPS) is 13.9. The largest absolute Gasteiger partial charge is 0.756 e. The molecule has 1 aromatic rings. The van der Waals surface area contributed by atoms with Gasteiger partial charge >= 0.3 is 0 Å². The molecule has 46 heavy (non-hydrogen) atoms. The molecule has 1 aromatic carbocycles. The molecule has 0 bridgehead atoms. The van der Waals surface area contributed by atoms with Gasteiger partial charge in [-0.3, -0.25) is 4.57 Å². The van der Waals surface area contributed by atoms with Gasteiger partial charge in [0, 0.05) is 6.42 Å². The van der Waals surface area contributed by atoms with Gasteiger partial charge in [0.25, 0.3) is 7.82 Å². The van der Waals surface area contributed by atoms with Gasteiger partial charge in [-0.25, -0.2) is 0 Å². The number of carbonyl (C=O) groups is 1. The van der Waals surface area contributed by atoms with Crippen LogP contribution >= 0.6 is 7.82 Å². The minimum absolute atomic E-state index is 0.00141. The Bertz CT molecular complexity index is 940. The Hall–Kier alpha value is -1.24. The fourth-order valence-electron chi connectivity index (χ4n) is 5.76. The summed E-state index contributed by atoms with van der Waals surface area (Å²) in [7, 11) is -0.130. The topological polar surface area (TPSA) is 84.9 Å². The minimum atomic E-state index is -4.44. The molecule has 0 heterocycles. The van der Waals surface area contributed by atoms with E-state index < -0.39 is 7.82 Å².